The van der Waals surface area contributed by atoms with Crippen molar-refractivity contribution in [3.05, 3.63) is 65.2 Å². The van der Waals surface area contributed by atoms with Crippen LogP contribution in [0.1, 0.15) is 17.0 Å². The van der Waals surface area contributed by atoms with Gasteiger partial charge in [0.2, 0.25) is 0 Å². The minimum absolute atomic E-state index is 0.0310. The van der Waals surface area contributed by atoms with Crippen LogP contribution in [0.25, 0.3) is 6.08 Å². The van der Waals surface area contributed by atoms with Crippen molar-refractivity contribution in [3.63, 3.8) is 0 Å². The Kier molecular flexibility index (Phi) is 5.24. The Balaban J connectivity index is 1.96. The Hall–Kier alpha value is -3.13. The first-order valence-corrected chi connectivity index (χ1v) is 10.4. The molecule has 1 unspecified atom stereocenters. The van der Waals surface area contributed by atoms with Gasteiger partial charge in [0.1, 0.15) is 5.75 Å². The summed E-state index contributed by atoms with van der Waals surface area (Å²) < 4.78 is 23.1. The highest BCUT2D eigenvalue weighted by Crippen LogP contribution is 2.29. The molecule has 1 heterocycles. The number of hydrogen-bond donors (Lipinski definition) is 2. The predicted molar refractivity (Wildman–Crippen MR) is 103 cm³/mol. The van der Waals surface area contributed by atoms with Crippen molar-refractivity contribution in [1.82, 2.24) is 4.90 Å². The molecule has 0 aliphatic carbocycles. The highest BCUT2D eigenvalue weighted by atomic mass is 32.2. The summed E-state index contributed by atoms with van der Waals surface area (Å²) in [5.41, 5.74) is 1.54. The number of Topliss-reactive ketones (excluding diaryl/α,β-unsaturated/α-hetero) is 1. The molecule has 1 saturated heterocycles. The number of aromatic hydroxyl groups is 1. The van der Waals surface area contributed by atoms with E-state index in [0.717, 1.165) is 11.2 Å². The number of rotatable bonds is 3. The third-order valence-corrected chi connectivity index (χ3v) is 5.74. The monoisotopic (exact) mass is 401 g/mol. The Labute approximate surface area is 162 Å². The summed E-state index contributed by atoms with van der Waals surface area (Å²) in [5, 5.41) is 18.9. The van der Waals surface area contributed by atoms with Gasteiger partial charge in [-0.2, -0.15) is 0 Å². The molecule has 1 aliphatic rings. The fourth-order valence-electron chi connectivity index (χ4n) is 3.11. The van der Waals surface area contributed by atoms with Crippen LogP contribution in [-0.4, -0.2) is 54.8 Å². The first-order chi connectivity index (χ1) is 13.1. The van der Waals surface area contributed by atoms with Crippen LogP contribution >= 0.6 is 0 Å². The van der Waals surface area contributed by atoms with Crippen LogP contribution in [0.5, 0.6) is 5.75 Å². The van der Waals surface area contributed by atoms with Crippen molar-refractivity contribution in [2.24, 2.45) is 0 Å². The average Bonchev–Trinajstić information content (AvgIpc) is 2.64. The highest BCUT2D eigenvalue weighted by molar-refractivity contribution is 7.90. The summed E-state index contributed by atoms with van der Waals surface area (Å²) in [6.45, 7) is -0.0140. The summed E-state index contributed by atoms with van der Waals surface area (Å²) in [6.07, 6.45) is 1.56. The lowest BCUT2D eigenvalue weighted by Crippen LogP contribution is -2.43. The summed E-state index contributed by atoms with van der Waals surface area (Å²) in [6, 6.07) is 12.1. The number of carboxylic acid groups (broad SMARTS) is 1. The van der Waals surface area contributed by atoms with E-state index in [1.54, 1.807) is 30.3 Å². The zero-order valence-corrected chi connectivity index (χ0v) is 15.9. The number of nitrogens with zero attached hydrogens (tertiary/aromatic N) is 1. The van der Waals surface area contributed by atoms with E-state index in [9.17, 15) is 28.2 Å². The molecule has 0 bridgehead atoms. The van der Waals surface area contributed by atoms with Crippen molar-refractivity contribution in [2.75, 3.05) is 19.3 Å². The van der Waals surface area contributed by atoms with Gasteiger partial charge in [0.25, 0.3) is 0 Å². The molecule has 8 heteroatoms. The molecule has 1 amide bonds. The van der Waals surface area contributed by atoms with Crippen molar-refractivity contribution in [1.29, 1.82) is 0 Å². The normalized spacial score (nSPS) is 19.0. The van der Waals surface area contributed by atoms with Crippen molar-refractivity contribution in [2.45, 2.75) is 10.8 Å². The largest absolute Gasteiger partial charge is 0.508 e. The molecule has 2 N–H and O–H groups in total. The Morgan fingerprint density at radius 1 is 1.11 bits per heavy atom. The van der Waals surface area contributed by atoms with Crippen LogP contribution in [0, 0.1) is 0 Å². The minimum atomic E-state index is -3.33. The number of benzene rings is 2. The van der Waals surface area contributed by atoms with E-state index in [-0.39, 0.29) is 29.5 Å². The fourth-order valence-corrected chi connectivity index (χ4v) is 3.74. The van der Waals surface area contributed by atoms with E-state index in [1.165, 1.54) is 24.3 Å². The smallest absolute Gasteiger partial charge is 0.407 e. The van der Waals surface area contributed by atoms with E-state index in [0.29, 0.717) is 16.7 Å². The molecule has 2 aromatic carbocycles. The quantitative estimate of drug-likeness (QED) is 0.765. The minimum Gasteiger partial charge on any atom is -0.508 e. The maximum atomic E-state index is 13.0. The van der Waals surface area contributed by atoms with E-state index in [2.05, 4.69) is 0 Å². The van der Waals surface area contributed by atoms with Gasteiger partial charge in [-0.15, -0.1) is 0 Å². The number of ketones is 1. The zero-order chi connectivity index (χ0) is 20.5. The average molecular weight is 401 g/mol. The van der Waals surface area contributed by atoms with Crippen LogP contribution in [0.3, 0.4) is 0 Å². The van der Waals surface area contributed by atoms with E-state index in [4.69, 9.17) is 0 Å². The van der Waals surface area contributed by atoms with Crippen molar-refractivity contribution < 1.29 is 28.2 Å². The molecule has 3 rings (SSSR count). The van der Waals surface area contributed by atoms with Crippen molar-refractivity contribution >= 4 is 27.8 Å². The summed E-state index contributed by atoms with van der Waals surface area (Å²) in [7, 11) is -3.33. The Bertz CT molecular complexity index is 1040. The molecule has 0 radical (unpaired) electrons. The number of phenols is 1. The second-order valence-corrected chi connectivity index (χ2v) is 8.70. The van der Waals surface area contributed by atoms with Crippen molar-refractivity contribution in [3.8, 4) is 5.75 Å². The fraction of sp³-hybridized carbons (Fsp3) is 0.200. The lowest BCUT2D eigenvalue weighted by atomic mass is 9.86. The van der Waals surface area contributed by atoms with Crippen LogP contribution in [0.4, 0.5) is 4.79 Å². The van der Waals surface area contributed by atoms with E-state index < -0.39 is 21.8 Å². The number of carbonyl (C=O) groups excluding carboxylic acids is 1. The van der Waals surface area contributed by atoms with Gasteiger partial charge >= 0.3 is 6.09 Å². The topological polar surface area (TPSA) is 112 Å². The molecule has 146 valence electrons. The maximum absolute atomic E-state index is 13.0. The van der Waals surface area contributed by atoms with Gasteiger partial charge < -0.3 is 15.1 Å². The predicted octanol–water partition coefficient (Wildman–Crippen LogP) is 2.53. The van der Waals surface area contributed by atoms with E-state index >= 15 is 0 Å². The zero-order valence-electron chi connectivity index (χ0n) is 15.1. The third-order valence-electron chi connectivity index (χ3n) is 4.61. The van der Waals surface area contributed by atoms with E-state index in [1.807, 2.05) is 0 Å². The molecule has 1 atom stereocenters. The number of carbonyl (C=O) groups is 2. The van der Waals surface area contributed by atoms with Gasteiger partial charge in [0, 0.05) is 18.4 Å². The van der Waals surface area contributed by atoms with Crippen LogP contribution in [0.2, 0.25) is 0 Å². The Morgan fingerprint density at radius 2 is 1.71 bits per heavy atom. The molecule has 0 spiro atoms. The van der Waals surface area contributed by atoms with Crippen LogP contribution < -0.4 is 0 Å². The van der Waals surface area contributed by atoms with Gasteiger partial charge in [0.05, 0.1) is 17.4 Å². The molecule has 7 nitrogen and oxygen atoms in total. The van der Waals surface area contributed by atoms with Gasteiger partial charge in [-0.3, -0.25) is 4.79 Å². The van der Waals surface area contributed by atoms with Gasteiger partial charge in [-0.25, -0.2) is 13.2 Å². The standard InChI is InChI=1S/C20H19NO6S/c1-28(26,27)17-8-2-13(3-9-17)10-15-11-21(20(24)25)12-18(19(15)23)14-4-6-16(22)7-5-14/h2-10,18,22H,11-12H2,1H3,(H,24,25). The molecule has 28 heavy (non-hydrogen) atoms. The second-order valence-electron chi connectivity index (χ2n) is 6.68. The second kappa shape index (κ2) is 7.47. The molecule has 2 aromatic rings. The molecule has 0 aromatic heterocycles. The summed E-state index contributed by atoms with van der Waals surface area (Å²) >= 11 is 0. The first-order valence-electron chi connectivity index (χ1n) is 8.47. The van der Waals surface area contributed by atoms with Gasteiger partial charge in [-0.05, 0) is 41.5 Å². The highest BCUT2D eigenvalue weighted by Gasteiger charge is 2.34. The lowest BCUT2D eigenvalue weighted by Gasteiger charge is -2.31. The maximum Gasteiger partial charge on any atom is 0.407 e. The SMILES string of the molecule is CS(=O)(=O)c1ccc(C=C2CN(C(=O)O)CC(c3ccc(O)cc3)C2=O)cc1. The molecular formula is C20H19NO6S. The van der Waals surface area contributed by atoms with Crippen LogP contribution in [-0.2, 0) is 14.6 Å². The number of amides is 1. The molecular weight excluding hydrogens is 382 g/mol. The molecule has 0 saturated carbocycles. The molecule has 1 aliphatic heterocycles. The number of phenolic OH excluding ortho intramolecular Hbond substituents is 1. The Morgan fingerprint density at radius 3 is 2.25 bits per heavy atom. The van der Waals surface area contributed by atoms with Crippen LogP contribution in [0.15, 0.2) is 59.0 Å². The molecule has 1 fully saturated rings. The first kappa shape index (κ1) is 19.6. The van der Waals surface area contributed by atoms with Gasteiger partial charge in [0.15, 0.2) is 15.6 Å². The number of piperidine rings is 1. The number of sulfone groups is 1. The number of hydrogen-bond acceptors (Lipinski definition) is 5. The number of likely N-dealkylation sites (tertiary alicyclic amines) is 1. The van der Waals surface area contributed by atoms with Gasteiger partial charge in [-0.1, -0.05) is 24.3 Å². The summed E-state index contributed by atoms with van der Waals surface area (Å²) in [4.78, 5) is 25.8. The third kappa shape index (κ3) is 4.23. The lowest BCUT2D eigenvalue weighted by molar-refractivity contribution is -0.118. The summed E-state index contributed by atoms with van der Waals surface area (Å²) in [5.74, 6) is -0.814.